The van der Waals surface area contributed by atoms with Gasteiger partial charge in [0.05, 0.1) is 16.6 Å². The normalized spacial score (nSPS) is 13.2. The Morgan fingerprint density at radius 1 is 0.911 bits per heavy atom. The van der Waals surface area contributed by atoms with Crippen molar-refractivity contribution in [3.05, 3.63) is 106 Å². The highest BCUT2D eigenvalue weighted by atomic mass is 79.9. The number of aromatic carboxylic acids is 1. The van der Waals surface area contributed by atoms with Crippen molar-refractivity contribution in [3.63, 3.8) is 0 Å². The predicted octanol–water partition coefficient (Wildman–Crippen LogP) is 10.1. The topological polar surface area (TPSA) is 100 Å². The first kappa shape index (κ1) is 31.9. The van der Waals surface area contributed by atoms with Crippen LogP contribution in [-0.4, -0.2) is 37.3 Å². The second kappa shape index (κ2) is 12.5. The molecule has 3 aromatic carbocycles. The molecule has 0 amide bonds. The van der Waals surface area contributed by atoms with Gasteiger partial charge in [0.2, 0.25) is 0 Å². The van der Waals surface area contributed by atoms with E-state index in [9.17, 15) is 22.8 Å². The summed E-state index contributed by atoms with van der Waals surface area (Å²) in [5.41, 5.74) is 2.78. The zero-order valence-electron chi connectivity index (χ0n) is 24.7. The maximum Gasteiger partial charge on any atom is 0.418 e. The Balaban J connectivity index is 0.000000135. The summed E-state index contributed by atoms with van der Waals surface area (Å²) >= 11 is 3.46. The predicted molar refractivity (Wildman–Crippen MR) is 172 cm³/mol. The van der Waals surface area contributed by atoms with Crippen LogP contribution in [-0.2, 0) is 10.9 Å². The Bertz CT molecular complexity index is 2000. The molecular weight excluding hydrogens is 651 g/mol. The largest absolute Gasteiger partial charge is 0.478 e. The number of carbonyl (C=O) groups is 2. The summed E-state index contributed by atoms with van der Waals surface area (Å²) in [6.07, 6.45) is 2.54. The summed E-state index contributed by atoms with van der Waals surface area (Å²) in [6, 6.07) is 19.1. The van der Waals surface area contributed by atoms with Crippen LogP contribution in [0.2, 0.25) is 0 Å². The van der Waals surface area contributed by atoms with E-state index in [-0.39, 0.29) is 11.5 Å². The van der Waals surface area contributed by atoms with Crippen molar-refractivity contribution in [2.75, 3.05) is 0 Å². The average Bonchev–Trinajstić information content (AvgIpc) is 3.33. The maximum absolute atomic E-state index is 12.4. The minimum atomic E-state index is -4.28. The lowest BCUT2D eigenvalue weighted by Gasteiger charge is -2.19. The summed E-state index contributed by atoms with van der Waals surface area (Å²) < 4.78 is 45.0. The number of fused-ring (bicyclic) bond motifs is 3. The van der Waals surface area contributed by atoms with Crippen LogP contribution in [0.15, 0.2) is 89.8 Å². The van der Waals surface area contributed by atoms with Gasteiger partial charge in [-0.3, -0.25) is 4.57 Å². The third-order valence-corrected chi connectivity index (χ3v) is 7.85. The van der Waals surface area contributed by atoms with Crippen molar-refractivity contribution in [3.8, 4) is 0 Å². The van der Waals surface area contributed by atoms with E-state index < -0.39 is 23.3 Å². The highest BCUT2D eigenvalue weighted by Gasteiger charge is 2.32. The van der Waals surface area contributed by atoms with E-state index in [4.69, 9.17) is 9.84 Å². The molecule has 6 aromatic rings. The number of carbonyl (C=O) groups excluding carboxylic acids is 1. The molecule has 0 spiro atoms. The molecule has 0 bridgehead atoms. The van der Waals surface area contributed by atoms with E-state index in [1.165, 1.54) is 41.3 Å². The van der Waals surface area contributed by atoms with Crippen LogP contribution in [0.3, 0.4) is 0 Å². The molecule has 3 N–H and O–H groups in total. The van der Waals surface area contributed by atoms with Crippen molar-refractivity contribution in [1.82, 2.24) is 14.5 Å². The van der Waals surface area contributed by atoms with Gasteiger partial charge in [0.15, 0.2) is 0 Å². The van der Waals surface area contributed by atoms with E-state index in [1.54, 1.807) is 18.5 Å². The fourth-order valence-electron chi connectivity index (χ4n) is 5.05. The van der Waals surface area contributed by atoms with E-state index in [2.05, 4.69) is 25.9 Å². The Morgan fingerprint density at radius 2 is 1.60 bits per heavy atom. The van der Waals surface area contributed by atoms with E-state index in [1.807, 2.05) is 63.2 Å². The van der Waals surface area contributed by atoms with Crippen LogP contribution in [0.1, 0.15) is 61.0 Å². The van der Waals surface area contributed by atoms with Crippen LogP contribution >= 0.6 is 15.9 Å². The van der Waals surface area contributed by atoms with Crippen molar-refractivity contribution < 1.29 is 32.6 Å². The number of carboxylic acids is 1. The lowest BCUT2D eigenvalue weighted by molar-refractivity contribution is -0.136. The van der Waals surface area contributed by atoms with E-state index in [0.29, 0.717) is 17.0 Å². The second-order valence-electron chi connectivity index (χ2n) is 11.6. The third-order valence-electron chi connectivity index (χ3n) is 7.16. The number of ether oxygens (including phenoxy) is 1. The number of aromatic amines is 2. The summed E-state index contributed by atoms with van der Waals surface area (Å²) in [4.78, 5) is 28.8. The molecule has 1 fully saturated rings. The molecule has 1 saturated carbocycles. The van der Waals surface area contributed by atoms with Gasteiger partial charge in [0.25, 0.3) is 0 Å². The van der Waals surface area contributed by atoms with E-state index >= 15 is 0 Å². The van der Waals surface area contributed by atoms with Gasteiger partial charge in [-0.1, -0.05) is 40.2 Å². The summed E-state index contributed by atoms with van der Waals surface area (Å²) in [5.74, 6) is -0.281. The number of benzene rings is 3. The third kappa shape index (κ3) is 7.25. The van der Waals surface area contributed by atoms with Gasteiger partial charge in [0, 0.05) is 50.3 Å². The number of alkyl halides is 3. The molecule has 7 rings (SSSR count). The molecular formula is C34H31BrF3N3O4. The van der Waals surface area contributed by atoms with Crippen LogP contribution in [0, 0.1) is 0 Å². The molecule has 11 heteroatoms. The summed E-state index contributed by atoms with van der Waals surface area (Å²) in [6.45, 7) is 5.56. The molecule has 3 aromatic heterocycles. The lowest BCUT2D eigenvalue weighted by Crippen LogP contribution is -2.26. The number of hydrogen-bond donors (Lipinski definition) is 3. The van der Waals surface area contributed by atoms with Gasteiger partial charge in [-0.25, -0.2) is 9.59 Å². The first-order chi connectivity index (χ1) is 21.2. The zero-order chi connectivity index (χ0) is 32.5. The highest BCUT2D eigenvalue weighted by Crippen LogP contribution is 2.43. The van der Waals surface area contributed by atoms with E-state index in [0.717, 1.165) is 32.3 Å². The minimum absolute atomic E-state index is 0.218. The van der Waals surface area contributed by atoms with Gasteiger partial charge < -0.3 is 19.8 Å². The molecule has 7 nitrogen and oxygen atoms in total. The Labute approximate surface area is 265 Å². The molecule has 1 aliphatic rings. The van der Waals surface area contributed by atoms with Crippen LogP contribution in [0.4, 0.5) is 18.0 Å². The van der Waals surface area contributed by atoms with Gasteiger partial charge in [-0.2, -0.15) is 13.2 Å². The lowest BCUT2D eigenvalue weighted by atomic mass is 10.0. The van der Waals surface area contributed by atoms with Gasteiger partial charge in [-0.15, -0.1) is 0 Å². The average molecular weight is 683 g/mol. The molecule has 0 radical (unpaired) electrons. The minimum Gasteiger partial charge on any atom is -0.478 e. The number of carboxylic acid groups (broad SMARTS) is 1. The number of H-pyrrole nitrogens is 2. The van der Waals surface area contributed by atoms with Gasteiger partial charge >= 0.3 is 18.2 Å². The molecule has 1 aliphatic carbocycles. The van der Waals surface area contributed by atoms with Crippen molar-refractivity contribution in [2.24, 2.45) is 0 Å². The standard InChI is InChI=1S/C13H14BrNO2.C12H11NO2.C9H6F3N/c1-13(2,3)17-12(16)15-8-7-9-10(14)5-4-6-11(9)15;14-12(15)9-6-13-10-3-1-2-8(11(9)10)7-4-5-7;10-9(11,12)7-2-1-3-8-6(7)4-5-13-8/h4-8H,1-3H3;1-3,6-7,13H,4-5H2,(H,14,15);1-5,13H. The number of nitrogens with one attached hydrogen (secondary N) is 2. The van der Waals surface area contributed by atoms with Crippen molar-refractivity contribution in [1.29, 1.82) is 0 Å². The van der Waals surface area contributed by atoms with Crippen LogP contribution < -0.4 is 0 Å². The summed E-state index contributed by atoms with van der Waals surface area (Å²) in [5, 5.41) is 11.2. The first-order valence-electron chi connectivity index (χ1n) is 14.2. The smallest absolute Gasteiger partial charge is 0.418 e. The Hall–Kier alpha value is -4.51. The number of hydrogen-bond acceptors (Lipinski definition) is 3. The molecule has 0 aliphatic heterocycles. The van der Waals surface area contributed by atoms with Gasteiger partial charge in [-0.05, 0) is 87.6 Å². The fraction of sp³-hybridized carbons (Fsp3) is 0.235. The van der Waals surface area contributed by atoms with Crippen LogP contribution in [0.5, 0.6) is 0 Å². The zero-order valence-corrected chi connectivity index (χ0v) is 26.3. The second-order valence-corrected chi connectivity index (χ2v) is 12.5. The fourth-order valence-corrected chi connectivity index (χ4v) is 5.54. The maximum atomic E-state index is 12.4. The monoisotopic (exact) mass is 681 g/mol. The quantitative estimate of drug-likeness (QED) is 0.169. The van der Waals surface area contributed by atoms with Crippen molar-refractivity contribution in [2.45, 2.75) is 51.3 Å². The number of nitrogens with zero attached hydrogens (tertiary/aromatic N) is 1. The number of rotatable bonds is 2. The van der Waals surface area contributed by atoms with Crippen LogP contribution in [0.25, 0.3) is 32.7 Å². The highest BCUT2D eigenvalue weighted by molar-refractivity contribution is 9.10. The molecule has 0 saturated heterocycles. The molecule has 3 heterocycles. The molecule has 45 heavy (non-hydrogen) atoms. The van der Waals surface area contributed by atoms with Gasteiger partial charge in [0.1, 0.15) is 5.60 Å². The Morgan fingerprint density at radius 3 is 2.27 bits per heavy atom. The summed E-state index contributed by atoms with van der Waals surface area (Å²) in [7, 11) is 0. The molecule has 234 valence electrons. The molecule has 0 atom stereocenters. The number of aromatic nitrogens is 3. The SMILES string of the molecule is CC(C)(C)OC(=O)n1ccc2c(Br)cccc21.FC(F)(F)c1cccc2[nH]ccc12.O=C(O)c1c[nH]c2cccc(C3CC3)c12. The first-order valence-corrected chi connectivity index (χ1v) is 15.0. The van der Waals surface area contributed by atoms with Crippen molar-refractivity contribution >= 4 is 60.7 Å². The Kier molecular flexibility index (Phi) is 8.84. The number of halogens is 4. The molecule has 0 unspecified atom stereocenters.